The fourth-order valence-electron chi connectivity index (χ4n) is 1.55. The van der Waals surface area contributed by atoms with Crippen molar-refractivity contribution in [1.82, 2.24) is 9.88 Å². The minimum atomic E-state index is 0.0824. The van der Waals surface area contributed by atoms with Gasteiger partial charge in [0.15, 0.2) is 0 Å². The predicted molar refractivity (Wildman–Crippen MR) is 67.7 cm³/mol. The van der Waals surface area contributed by atoms with Gasteiger partial charge in [-0.3, -0.25) is 4.79 Å². The number of aryl methyl sites for hydroxylation is 1. The molecule has 0 aliphatic carbocycles. The lowest BCUT2D eigenvalue weighted by Gasteiger charge is -2.18. The topological polar surface area (TPSA) is 34.0 Å². The van der Waals surface area contributed by atoms with E-state index in [2.05, 4.69) is 26.1 Å². The maximum absolute atomic E-state index is 11.6. The van der Waals surface area contributed by atoms with Crippen molar-refractivity contribution in [3.8, 4) is 0 Å². The van der Waals surface area contributed by atoms with Gasteiger partial charge in [-0.05, 0) is 25.8 Å². The summed E-state index contributed by atoms with van der Waals surface area (Å²) in [5, 5.41) is 3.43. The van der Waals surface area contributed by atoms with Crippen LogP contribution in [0.2, 0.25) is 0 Å². The Balaban J connectivity index is 2.52. The van der Waals surface area contributed by atoms with E-state index < -0.39 is 0 Å². The van der Waals surface area contributed by atoms with Gasteiger partial charge in [0.25, 0.3) is 5.56 Å². The summed E-state index contributed by atoms with van der Waals surface area (Å²) < 4.78 is 1.81. The first-order valence-electron chi connectivity index (χ1n) is 5.92. The highest BCUT2D eigenvalue weighted by atomic mass is 16.1. The van der Waals surface area contributed by atoms with E-state index in [-0.39, 0.29) is 5.56 Å². The Labute approximate surface area is 97.5 Å². The molecular formula is C13H22N2O. The zero-order valence-electron chi connectivity index (χ0n) is 10.7. The monoisotopic (exact) mass is 222 g/mol. The quantitative estimate of drug-likeness (QED) is 0.824. The SMILES string of the molecule is Cc1cccc(=O)n1CCNC(C)C(C)C. The zero-order valence-corrected chi connectivity index (χ0v) is 10.7. The van der Waals surface area contributed by atoms with Gasteiger partial charge in [0, 0.05) is 30.9 Å². The van der Waals surface area contributed by atoms with Crippen LogP contribution in [0.3, 0.4) is 0 Å². The van der Waals surface area contributed by atoms with Crippen LogP contribution in [-0.2, 0) is 6.54 Å². The van der Waals surface area contributed by atoms with Gasteiger partial charge in [-0.15, -0.1) is 0 Å². The van der Waals surface area contributed by atoms with Crippen LogP contribution in [0.1, 0.15) is 26.5 Å². The highest BCUT2D eigenvalue weighted by Gasteiger charge is 2.05. The van der Waals surface area contributed by atoms with Gasteiger partial charge in [-0.1, -0.05) is 19.9 Å². The van der Waals surface area contributed by atoms with Crippen LogP contribution >= 0.6 is 0 Å². The first-order valence-corrected chi connectivity index (χ1v) is 5.92. The van der Waals surface area contributed by atoms with Crippen molar-refractivity contribution in [3.05, 3.63) is 34.2 Å². The third kappa shape index (κ3) is 3.49. The largest absolute Gasteiger partial charge is 0.312 e. The van der Waals surface area contributed by atoms with Gasteiger partial charge >= 0.3 is 0 Å². The van der Waals surface area contributed by atoms with Crippen molar-refractivity contribution in [2.45, 2.75) is 40.3 Å². The molecule has 1 aromatic heterocycles. The standard InChI is InChI=1S/C13H22N2O/c1-10(2)12(4)14-8-9-15-11(3)6-5-7-13(15)16/h5-7,10,12,14H,8-9H2,1-4H3. The highest BCUT2D eigenvalue weighted by molar-refractivity contribution is 5.04. The predicted octanol–water partition coefficient (Wildman–Crippen LogP) is 1.79. The number of nitrogens with one attached hydrogen (secondary N) is 1. The average Bonchev–Trinajstić information content (AvgIpc) is 2.22. The van der Waals surface area contributed by atoms with E-state index in [4.69, 9.17) is 0 Å². The van der Waals surface area contributed by atoms with E-state index in [0.29, 0.717) is 12.0 Å². The van der Waals surface area contributed by atoms with E-state index in [1.54, 1.807) is 16.7 Å². The Morgan fingerprint density at radius 1 is 1.31 bits per heavy atom. The van der Waals surface area contributed by atoms with Crippen LogP contribution in [0.5, 0.6) is 0 Å². The number of rotatable bonds is 5. The smallest absolute Gasteiger partial charge is 0.250 e. The number of hydrogen-bond donors (Lipinski definition) is 1. The molecule has 1 unspecified atom stereocenters. The van der Waals surface area contributed by atoms with E-state index in [1.165, 1.54) is 0 Å². The number of aromatic nitrogens is 1. The minimum Gasteiger partial charge on any atom is -0.312 e. The lowest BCUT2D eigenvalue weighted by Crippen LogP contribution is -2.35. The Morgan fingerprint density at radius 2 is 2.00 bits per heavy atom. The molecule has 0 aliphatic rings. The van der Waals surface area contributed by atoms with Crippen LogP contribution in [0.25, 0.3) is 0 Å². The van der Waals surface area contributed by atoms with E-state index in [0.717, 1.165) is 18.8 Å². The Morgan fingerprint density at radius 3 is 2.56 bits per heavy atom. The second-order valence-electron chi connectivity index (χ2n) is 4.64. The molecule has 0 aliphatic heterocycles. The molecule has 3 nitrogen and oxygen atoms in total. The molecule has 0 bridgehead atoms. The summed E-state index contributed by atoms with van der Waals surface area (Å²) in [7, 11) is 0. The van der Waals surface area contributed by atoms with Crippen LogP contribution in [0.15, 0.2) is 23.0 Å². The fourth-order valence-corrected chi connectivity index (χ4v) is 1.55. The van der Waals surface area contributed by atoms with Gasteiger partial charge in [-0.2, -0.15) is 0 Å². The van der Waals surface area contributed by atoms with Crippen molar-refractivity contribution in [2.24, 2.45) is 5.92 Å². The van der Waals surface area contributed by atoms with Crippen molar-refractivity contribution in [1.29, 1.82) is 0 Å². The highest BCUT2D eigenvalue weighted by Crippen LogP contribution is 1.99. The zero-order chi connectivity index (χ0) is 12.1. The molecular weight excluding hydrogens is 200 g/mol. The van der Waals surface area contributed by atoms with Crippen LogP contribution in [0.4, 0.5) is 0 Å². The van der Waals surface area contributed by atoms with Crippen molar-refractivity contribution >= 4 is 0 Å². The van der Waals surface area contributed by atoms with Crippen LogP contribution in [-0.4, -0.2) is 17.2 Å². The van der Waals surface area contributed by atoms with Crippen LogP contribution < -0.4 is 10.9 Å². The molecule has 90 valence electrons. The lowest BCUT2D eigenvalue weighted by molar-refractivity contribution is 0.414. The van der Waals surface area contributed by atoms with Gasteiger partial charge < -0.3 is 9.88 Å². The van der Waals surface area contributed by atoms with E-state index >= 15 is 0 Å². The third-order valence-corrected chi connectivity index (χ3v) is 3.07. The molecule has 1 atom stereocenters. The first kappa shape index (κ1) is 13.0. The third-order valence-electron chi connectivity index (χ3n) is 3.07. The van der Waals surface area contributed by atoms with Crippen molar-refractivity contribution in [2.75, 3.05) is 6.54 Å². The molecule has 16 heavy (non-hydrogen) atoms. The summed E-state index contributed by atoms with van der Waals surface area (Å²) >= 11 is 0. The molecule has 0 aromatic carbocycles. The second kappa shape index (κ2) is 5.85. The molecule has 3 heteroatoms. The summed E-state index contributed by atoms with van der Waals surface area (Å²) in [6.45, 7) is 10.1. The lowest BCUT2D eigenvalue weighted by atomic mass is 10.1. The molecule has 1 N–H and O–H groups in total. The fraction of sp³-hybridized carbons (Fsp3) is 0.615. The summed E-state index contributed by atoms with van der Waals surface area (Å²) in [5.74, 6) is 0.619. The number of nitrogens with zero attached hydrogens (tertiary/aromatic N) is 1. The Bertz CT molecular complexity index is 382. The summed E-state index contributed by atoms with van der Waals surface area (Å²) in [6.07, 6.45) is 0. The normalized spacial score (nSPS) is 13.1. The molecule has 1 heterocycles. The molecule has 0 spiro atoms. The van der Waals surface area contributed by atoms with Crippen molar-refractivity contribution in [3.63, 3.8) is 0 Å². The van der Waals surface area contributed by atoms with Gasteiger partial charge in [0.2, 0.25) is 0 Å². The summed E-state index contributed by atoms with van der Waals surface area (Å²) in [5.41, 5.74) is 1.10. The summed E-state index contributed by atoms with van der Waals surface area (Å²) in [6, 6.07) is 5.87. The second-order valence-corrected chi connectivity index (χ2v) is 4.64. The Hall–Kier alpha value is -1.09. The van der Waals surface area contributed by atoms with Gasteiger partial charge in [0.05, 0.1) is 0 Å². The molecule has 0 saturated heterocycles. The van der Waals surface area contributed by atoms with Crippen molar-refractivity contribution < 1.29 is 0 Å². The molecule has 1 rings (SSSR count). The van der Waals surface area contributed by atoms with Gasteiger partial charge in [0.1, 0.15) is 0 Å². The minimum absolute atomic E-state index is 0.0824. The molecule has 0 amide bonds. The maximum Gasteiger partial charge on any atom is 0.250 e. The molecule has 0 radical (unpaired) electrons. The maximum atomic E-state index is 11.6. The molecule has 0 saturated carbocycles. The number of pyridine rings is 1. The number of hydrogen-bond acceptors (Lipinski definition) is 2. The molecule has 0 fully saturated rings. The van der Waals surface area contributed by atoms with E-state index in [9.17, 15) is 4.79 Å². The Kier molecular flexibility index (Phi) is 4.74. The van der Waals surface area contributed by atoms with Crippen LogP contribution in [0, 0.1) is 12.8 Å². The summed E-state index contributed by atoms with van der Waals surface area (Å²) in [4.78, 5) is 11.6. The molecule has 1 aromatic rings. The van der Waals surface area contributed by atoms with E-state index in [1.807, 2.05) is 13.0 Å². The first-order chi connectivity index (χ1) is 7.52. The average molecular weight is 222 g/mol. The van der Waals surface area contributed by atoms with Gasteiger partial charge in [-0.25, -0.2) is 0 Å².